The quantitative estimate of drug-likeness (QED) is 0.176. The van der Waals surface area contributed by atoms with E-state index in [1.165, 1.54) is 0 Å². The summed E-state index contributed by atoms with van der Waals surface area (Å²) in [5.74, 6) is 3.18. The molecular weight excluding hydrogens is 482 g/mol. The highest BCUT2D eigenvalue weighted by Gasteiger charge is 2.41. The SMILES string of the molecule is CC(C)c1ccc(C(NC(=O)[C@@H]2C[C@@H](F)CN2C(=O)CC(=[NH2+])/C=N\N)c2ncn3ccccc23)nc1F. The molecule has 0 aromatic carbocycles. The second-order valence-electron chi connectivity index (χ2n) is 9.26. The molecule has 37 heavy (non-hydrogen) atoms. The zero-order valence-corrected chi connectivity index (χ0v) is 20.5. The number of nitrogens with one attached hydrogen (secondary N) is 1. The van der Waals surface area contributed by atoms with Crippen LogP contribution in [0.3, 0.4) is 0 Å². The van der Waals surface area contributed by atoms with Crippen LogP contribution in [0.15, 0.2) is 48.0 Å². The van der Waals surface area contributed by atoms with E-state index in [-0.39, 0.29) is 36.7 Å². The van der Waals surface area contributed by atoms with E-state index in [9.17, 15) is 18.4 Å². The molecule has 12 heteroatoms. The zero-order chi connectivity index (χ0) is 26.7. The fraction of sp³-hybridized carbons (Fsp3) is 0.360. The Labute approximate surface area is 212 Å². The van der Waals surface area contributed by atoms with Crippen molar-refractivity contribution in [1.82, 2.24) is 24.6 Å². The topological polar surface area (TPSA) is 144 Å². The normalized spacial score (nSPS) is 18.6. The maximum Gasteiger partial charge on any atom is 0.243 e. The van der Waals surface area contributed by atoms with E-state index < -0.39 is 36.0 Å². The molecule has 194 valence electrons. The summed E-state index contributed by atoms with van der Waals surface area (Å²) < 4.78 is 31.0. The summed E-state index contributed by atoms with van der Waals surface area (Å²) in [5.41, 5.74) is 1.85. The summed E-state index contributed by atoms with van der Waals surface area (Å²) in [4.78, 5) is 36.0. The number of halogens is 2. The molecule has 3 aromatic rings. The first-order chi connectivity index (χ1) is 17.7. The number of likely N-dealkylation sites (tertiary alicyclic amines) is 1. The van der Waals surface area contributed by atoms with Gasteiger partial charge < -0.3 is 20.5 Å². The number of aromatic nitrogens is 3. The Balaban J connectivity index is 1.67. The molecule has 0 spiro atoms. The Hall–Kier alpha value is -4.22. The number of fused-ring (bicyclic) bond motifs is 1. The number of nitrogens with two attached hydrogens (primary N) is 2. The second kappa shape index (κ2) is 10.8. The monoisotopic (exact) mass is 511 g/mol. The molecule has 10 nitrogen and oxygen atoms in total. The average molecular weight is 512 g/mol. The van der Waals surface area contributed by atoms with Gasteiger partial charge in [0.05, 0.1) is 29.8 Å². The van der Waals surface area contributed by atoms with Crippen molar-refractivity contribution < 1.29 is 23.8 Å². The lowest BCUT2D eigenvalue weighted by atomic mass is 10.0. The third kappa shape index (κ3) is 5.47. The number of carbonyl (C=O) groups is 2. The molecule has 1 aliphatic heterocycles. The van der Waals surface area contributed by atoms with Gasteiger partial charge in [0, 0.05) is 18.2 Å². The predicted octanol–water partition coefficient (Wildman–Crippen LogP) is 0.671. The highest BCUT2D eigenvalue weighted by atomic mass is 19.1. The fourth-order valence-corrected chi connectivity index (χ4v) is 4.48. The molecule has 1 saturated heterocycles. The van der Waals surface area contributed by atoms with Crippen LogP contribution < -0.4 is 16.6 Å². The van der Waals surface area contributed by atoms with Gasteiger partial charge in [-0.05, 0) is 24.1 Å². The van der Waals surface area contributed by atoms with E-state index in [1.807, 2.05) is 26.0 Å². The minimum Gasteiger partial charge on any atom is -0.340 e. The lowest BCUT2D eigenvalue weighted by Crippen LogP contribution is -2.50. The predicted molar refractivity (Wildman–Crippen MR) is 133 cm³/mol. The molecule has 0 saturated carbocycles. The van der Waals surface area contributed by atoms with Gasteiger partial charge in [0.2, 0.25) is 23.5 Å². The van der Waals surface area contributed by atoms with Crippen LogP contribution in [-0.2, 0) is 9.59 Å². The molecule has 1 unspecified atom stereocenters. The average Bonchev–Trinajstić information content (AvgIpc) is 3.46. The number of carbonyl (C=O) groups excluding carboxylic acids is 2. The largest absolute Gasteiger partial charge is 0.340 e. The number of hydrazone groups is 1. The Morgan fingerprint density at radius 1 is 1.32 bits per heavy atom. The van der Waals surface area contributed by atoms with Gasteiger partial charge in [-0.1, -0.05) is 26.0 Å². The van der Waals surface area contributed by atoms with Crippen LogP contribution in [-0.4, -0.2) is 61.8 Å². The molecule has 0 aliphatic carbocycles. The van der Waals surface area contributed by atoms with Crippen molar-refractivity contribution in [3.63, 3.8) is 0 Å². The van der Waals surface area contributed by atoms with Crippen molar-refractivity contribution in [3.8, 4) is 0 Å². The molecule has 3 aromatic heterocycles. The minimum absolute atomic E-state index is 0.0845. The molecule has 1 fully saturated rings. The first-order valence-electron chi connectivity index (χ1n) is 11.9. The van der Waals surface area contributed by atoms with Crippen molar-refractivity contribution in [3.05, 3.63) is 65.8 Å². The smallest absolute Gasteiger partial charge is 0.243 e. The van der Waals surface area contributed by atoms with Crippen molar-refractivity contribution in [2.75, 3.05) is 6.54 Å². The molecule has 2 amide bonds. The summed E-state index contributed by atoms with van der Waals surface area (Å²) in [6, 6.07) is 6.65. The molecule has 4 heterocycles. The lowest BCUT2D eigenvalue weighted by molar-refractivity contribution is -0.140. The number of hydrogen-bond acceptors (Lipinski definition) is 6. The Morgan fingerprint density at radius 3 is 2.81 bits per heavy atom. The highest BCUT2D eigenvalue weighted by molar-refractivity contribution is 6.31. The van der Waals surface area contributed by atoms with E-state index >= 15 is 0 Å². The number of alkyl halides is 1. The summed E-state index contributed by atoms with van der Waals surface area (Å²) in [6.45, 7) is 3.45. The number of imidazole rings is 1. The van der Waals surface area contributed by atoms with Crippen molar-refractivity contribution in [2.45, 2.75) is 50.9 Å². The number of hydrogen-bond donors (Lipinski definition) is 3. The van der Waals surface area contributed by atoms with E-state index in [0.29, 0.717) is 16.8 Å². The Kier molecular flexibility index (Phi) is 7.55. The van der Waals surface area contributed by atoms with Gasteiger partial charge in [0.1, 0.15) is 30.9 Å². The maximum atomic E-state index is 14.9. The lowest BCUT2D eigenvalue weighted by Gasteiger charge is -2.26. The van der Waals surface area contributed by atoms with Crippen LogP contribution in [0.5, 0.6) is 0 Å². The van der Waals surface area contributed by atoms with Crippen molar-refractivity contribution >= 4 is 29.3 Å². The van der Waals surface area contributed by atoms with Gasteiger partial charge in [-0.2, -0.15) is 9.49 Å². The van der Waals surface area contributed by atoms with Gasteiger partial charge in [0.25, 0.3) is 0 Å². The first-order valence-corrected chi connectivity index (χ1v) is 11.9. The fourth-order valence-electron chi connectivity index (χ4n) is 4.48. The molecule has 1 aliphatic rings. The molecule has 4 rings (SSSR count). The van der Waals surface area contributed by atoms with E-state index in [4.69, 9.17) is 11.3 Å². The van der Waals surface area contributed by atoms with Gasteiger partial charge in [-0.3, -0.25) is 15.0 Å². The van der Waals surface area contributed by atoms with Gasteiger partial charge in [-0.15, -0.1) is 0 Å². The standard InChI is InChI=1S/C25H28F2N8O2/c1-14(2)17-6-7-18(32-24(17)27)22(23-19-5-3-4-8-34(19)13-30-23)33-25(37)20-9-15(26)12-35(20)21(36)10-16(28)11-31-29/h3-8,11,13-15,20,22,28H,9-10,12,29H2,1-2H3,(H,33,37)/p+1/b28-16?,31-11-/t15-,20+,22?/m1/s1. The summed E-state index contributed by atoms with van der Waals surface area (Å²) >= 11 is 0. The summed E-state index contributed by atoms with van der Waals surface area (Å²) in [7, 11) is 0. The molecular formula is C25H29F2N8O2+. The Bertz CT molecular complexity index is 1360. The maximum absolute atomic E-state index is 14.9. The third-order valence-electron chi connectivity index (χ3n) is 6.32. The van der Waals surface area contributed by atoms with Gasteiger partial charge >= 0.3 is 0 Å². The van der Waals surface area contributed by atoms with Crippen LogP contribution in [0.4, 0.5) is 8.78 Å². The Morgan fingerprint density at radius 2 is 2.11 bits per heavy atom. The third-order valence-corrected chi connectivity index (χ3v) is 6.32. The number of nitrogens with zero attached hydrogens (tertiary/aromatic N) is 5. The van der Waals surface area contributed by atoms with E-state index in [2.05, 4.69) is 20.4 Å². The minimum atomic E-state index is -1.39. The zero-order valence-electron chi connectivity index (χ0n) is 20.5. The molecule has 5 N–H and O–H groups in total. The van der Waals surface area contributed by atoms with Crippen LogP contribution in [0.2, 0.25) is 0 Å². The van der Waals surface area contributed by atoms with E-state index in [0.717, 1.165) is 11.1 Å². The number of pyridine rings is 2. The van der Waals surface area contributed by atoms with Gasteiger partial charge in [0.15, 0.2) is 0 Å². The number of amides is 2. The van der Waals surface area contributed by atoms with Crippen LogP contribution in [0, 0.1) is 5.95 Å². The molecule has 3 atom stereocenters. The molecule has 0 radical (unpaired) electrons. The highest BCUT2D eigenvalue weighted by Crippen LogP contribution is 2.28. The molecule has 0 bridgehead atoms. The second-order valence-corrected chi connectivity index (χ2v) is 9.26. The van der Waals surface area contributed by atoms with E-state index in [1.54, 1.807) is 35.1 Å². The summed E-state index contributed by atoms with van der Waals surface area (Å²) in [5, 5.41) is 11.8. The van der Waals surface area contributed by atoms with Gasteiger partial charge in [-0.25, -0.2) is 14.4 Å². The van der Waals surface area contributed by atoms with Crippen LogP contribution >= 0.6 is 0 Å². The summed E-state index contributed by atoms with van der Waals surface area (Å²) in [6.07, 6.45) is 2.64. The van der Waals surface area contributed by atoms with Crippen molar-refractivity contribution in [1.29, 1.82) is 0 Å². The number of rotatable bonds is 8. The van der Waals surface area contributed by atoms with Crippen LogP contribution in [0.1, 0.15) is 55.6 Å². The van der Waals surface area contributed by atoms with Crippen molar-refractivity contribution in [2.24, 2.45) is 10.9 Å². The van der Waals surface area contributed by atoms with Crippen LogP contribution in [0.25, 0.3) is 5.52 Å². The first kappa shape index (κ1) is 25.9.